The van der Waals surface area contributed by atoms with Gasteiger partial charge < -0.3 is 10.5 Å². The summed E-state index contributed by atoms with van der Waals surface area (Å²) in [5, 5.41) is 0. The van der Waals surface area contributed by atoms with Crippen LogP contribution in [0.2, 0.25) is 0 Å². The molecule has 0 spiro atoms. The second kappa shape index (κ2) is 7.77. The molecule has 0 aromatic rings. The molecule has 3 heteroatoms. The second-order valence-electron chi connectivity index (χ2n) is 6.98. The number of nitrogens with zero attached hydrogens (tertiary/aromatic N) is 1. The normalized spacial score (nSPS) is 26.4. The molecule has 0 aliphatic heterocycles. The first-order valence-electron chi connectivity index (χ1n) is 8.44. The fourth-order valence-electron chi connectivity index (χ4n) is 4.25. The maximum atomic E-state index is 6.35. The van der Waals surface area contributed by atoms with E-state index >= 15 is 0 Å². The highest BCUT2D eigenvalue weighted by Gasteiger charge is 2.50. The van der Waals surface area contributed by atoms with Crippen molar-refractivity contribution in [2.45, 2.75) is 77.8 Å². The molecule has 0 aromatic carbocycles. The van der Waals surface area contributed by atoms with E-state index in [0.717, 1.165) is 19.7 Å². The largest absolute Gasteiger partial charge is 0.383 e. The minimum absolute atomic E-state index is 0.139. The number of ether oxygens (including phenoxy) is 1. The van der Waals surface area contributed by atoms with Gasteiger partial charge in [0.15, 0.2) is 0 Å². The summed E-state index contributed by atoms with van der Waals surface area (Å²) in [6.07, 6.45) is 7.56. The van der Waals surface area contributed by atoms with Gasteiger partial charge >= 0.3 is 0 Å². The molecular weight excluding hydrogens is 248 g/mol. The first-order chi connectivity index (χ1) is 9.49. The lowest BCUT2D eigenvalue weighted by Gasteiger charge is -2.58. The van der Waals surface area contributed by atoms with Gasteiger partial charge in [0.25, 0.3) is 0 Å². The Balaban J connectivity index is 3.10. The first kappa shape index (κ1) is 17.9. The van der Waals surface area contributed by atoms with Crippen molar-refractivity contribution in [1.82, 2.24) is 4.90 Å². The SMILES string of the molecule is CCC(CC)N(CCOC)C1(CN)CCCCC1(C)C. The molecule has 1 aliphatic rings. The van der Waals surface area contributed by atoms with Gasteiger partial charge in [-0.1, -0.05) is 40.5 Å². The van der Waals surface area contributed by atoms with Crippen LogP contribution in [-0.2, 0) is 4.74 Å². The number of methoxy groups -OCH3 is 1. The number of hydrogen-bond acceptors (Lipinski definition) is 3. The van der Waals surface area contributed by atoms with Crippen LogP contribution in [0.1, 0.15) is 66.2 Å². The van der Waals surface area contributed by atoms with Crippen molar-refractivity contribution in [1.29, 1.82) is 0 Å². The predicted octanol–water partition coefficient (Wildman–Crippen LogP) is 3.42. The highest BCUT2D eigenvalue weighted by molar-refractivity contribution is 5.06. The van der Waals surface area contributed by atoms with E-state index in [4.69, 9.17) is 10.5 Å². The molecule has 20 heavy (non-hydrogen) atoms. The Morgan fingerprint density at radius 1 is 1.15 bits per heavy atom. The summed E-state index contributed by atoms with van der Waals surface area (Å²) in [5.41, 5.74) is 6.78. The predicted molar refractivity (Wildman–Crippen MR) is 87.0 cm³/mol. The molecular formula is C17H36N2O. The van der Waals surface area contributed by atoms with E-state index in [1.165, 1.54) is 38.5 Å². The van der Waals surface area contributed by atoms with Crippen LogP contribution in [0.4, 0.5) is 0 Å². The molecule has 120 valence electrons. The van der Waals surface area contributed by atoms with Gasteiger partial charge in [0, 0.05) is 31.8 Å². The van der Waals surface area contributed by atoms with Gasteiger partial charge in [-0.3, -0.25) is 4.90 Å². The molecule has 1 atom stereocenters. The van der Waals surface area contributed by atoms with Crippen molar-refractivity contribution >= 4 is 0 Å². The minimum atomic E-state index is 0.139. The fraction of sp³-hybridized carbons (Fsp3) is 1.00. The lowest BCUT2D eigenvalue weighted by molar-refractivity contribution is -0.0775. The van der Waals surface area contributed by atoms with Crippen LogP contribution in [0.3, 0.4) is 0 Å². The number of rotatable bonds is 8. The van der Waals surface area contributed by atoms with Crippen LogP contribution >= 0.6 is 0 Å². The van der Waals surface area contributed by atoms with Crippen LogP contribution in [0, 0.1) is 5.41 Å². The average Bonchev–Trinajstić information content (AvgIpc) is 2.44. The summed E-state index contributed by atoms with van der Waals surface area (Å²) < 4.78 is 5.38. The summed E-state index contributed by atoms with van der Waals surface area (Å²) in [6, 6.07) is 0.617. The van der Waals surface area contributed by atoms with E-state index in [-0.39, 0.29) is 11.0 Å². The van der Waals surface area contributed by atoms with Crippen molar-refractivity contribution in [3.8, 4) is 0 Å². The maximum Gasteiger partial charge on any atom is 0.0590 e. The van der Waals surface area contributed by atoms with Gasteiger partial charge in [-0.25, -0.2) is 0 Å². The highest BCUT2D eigenvalue weighted by Crippen LogP contribution is 2.48. The monoisotopic (exact) mass is 284 g/mol. The summed E-state index contributed by atoms with van der Waals surface area (Å²) in [5.74, 6) is 0. The van der Waals surface area contributed by atoms with Crippen molar-refractivity contribution < 1.29 is 4.74 Å². The molecule has 2 N–H and O–H groups in total. The van der Waals surface area contributed by atoms with E-state index in [1.807, 2.05) is 0 Å². The lowest BCUT2D eigenvalue weighted by Crippen LogP contribution is -2.66. The molecule has 0 bridgehead atoms. The zero-order valence-electron chi connectivity index (χ0n) is 14.4. The van der Waals surface area contributed by atoms with E-state index in [1.54, 1.807) is 7.11 Å². The molecule has 3 nitrogen and oxygen atoms in total. The van der Waals surface area contributed by atoms with Gasteiger partial charge in [-0.2, -0.15) is 0 Å². The first-order valence-corrected chi connectivity index (χ1v) is 8.44. The Hall–Kier alpha value is -0.120. The lowest BCUT2D eigenvalue weighted by atomic mass is 9.61. The zero-order valence-corrected chi connectivity index (χ0v) is 14.4. The molecule has 1 unspecified atom stereocenters. The van der Waals surface area contributed by atoms with Gasteiger partial charge in [0.05, 0.1) is 6.61 Å². The molecule has 1 saturated carbocycles. The summed E-state index contributed by atoms with van der Waals surface area (Å²) in [4.78, 5) is 2.70. The molecule has 0 heterocycles. The van der Waals surface area contributed by atoms with Crippen LogP contribution in [0.15, 0.2) is 0 Å². The van der Waals surface area contributed by atoms with Crippen molar-refractivity contribution in [3.05, 3.63) is 0 Å². The topological polar surface area (TPSA) is 38.5 Å². The second-order valence-corrected chi connectivity index (χ2v) is 6.98. The van der Waals surface area contributed by atoms with E-state index in [9.17, 15) is 0 Å². The third kappa shape index (κ3) is 3.37. The van der Waals surface area contributed by atoms with Crippen molar-refractivity contribution in [2.24, 2.45) is 11.1 Å². The smallest absolute Gasteiger partial charge is 0.0590 e. The van der Waals surface area contributed by atoms with Gasteiger partial charge in [0.1, 0.15) is 0 Å². The zero-order chi connectivity index (χ0) is 15.2. The van der Waals surface area contributed by atoms with E-state index in [0.29, 0.717) is 6.04 Å². The average molecular weight is 284 g/mol. The quantitative estimate of drug-likeness (QED) is 0.742. The number of hydrogen-bond donors (Lipinski definition) is 1. The Morgan fingerprint density at radius 2 is 1.75 bits per heavy atom. The fourth-order valence-corrected chi connectivity index (χ4v) is 4.25. The van der Waals surface area contributed by atoms with Gasteiger partial charge in [0.2, 0.25) is 0 Å². The van der Waals surface area contributed by atoms with Gasteiger partial charge in [-0.05, 0) is 31.1 Å². The molecule has 0 aromatic heterocycles. The van der Waals surface area contributed by atoms with E-state index < -0.39 is 0 Å². The molecule has 1 aliphatic carbocycles. The summed E-state index contributed by atoms with van der Waals surface area (Å²) in [6.45, 7) is 12.0. The third-order valence-corrected chi connectivity index (χ3v) is 5.71. The highest BCUT2D eigenvalue weighted by atomic mass is 16.5. The molecule has 1 fully saturated rings. The Bertz CT molecular complexity index is 276. The van der Waals surface area contributed by atoms with Crippen LogP contribution < -0.4 is 5.73 Å². The van der Waals surface area contributed by atoms with E-state index in [2.05, 4.69) is 32.6 Å². The van der Waals surface area contributed by atoms with Gasteiger partial charge in [-0.15, -0.1) is 0 Å². The van der Waals surface area contributed by atoms with Crippen LogP contribution in [0.5, 0.6) is 0 Å². The summed E-state index contributed by atoms with van der Waals surface area (Å²) in [7, 11) is 1.80. The van der Waals surface area contributed by atoms with Crippen LogP contribution in [-0.4, -0.2) is 43.3 Å². The standard InChI is InChI=1S/C17H36N2O/c1-6-15(7-2)19(12-13-20-5)17(14-18)11-9-8-10-16(17,3)4/h15H,6-14,18H2,1-5H3. The molecule has 0 amide bonds. The van der Waals surface area contributed by atoms with Crippen LogP contribution in [0.25, 0.3) is 0 Å². The Labute approximate surface area is 126 Å². The molecule has 1 rings (SSSR count). The number of nitrogens with two attached hydrogens (primary N) is 1. The molecule has 0 saturated heterocycles. The van der Waals surface area contributed by atoms with Crippen molar-refractivity contribution in [2.75, 3.05) is 26.8 Å². The van der Waals surface area contributed by atoms with Crippen molar-refractivity contribution in [3.63, 3.8) is 0 Å². The maximum absolute atomic E-state index is 6.35. The Morgan fingerprint density at radius 3 is 2.20 bits per heavy atom. The summed E-state index contributed by atoms with van der Waals surface area (Å²) >= 11 is 0. The Kier molecular flexibility index (Phi) is 6.96. The molecule has 0 radical (unpaired) electrons. The minimum Gasteiger partial charge on any atom is -0.383 e. The third-order valence-electron chi connectivity index (χ3n) is 5.71.